The SMILES string of the molecule is CC(C)Oc1cccc(C(O)c2ccnc(Cl)c2)c1. The molecule has 100 valence electrons. The van der Waals surface area contributed by atoms with Gasteiger partial charge < -0.3 is 9.84 Å². The van der Waals surface area contributed by atoms with Gasteiger partial charge in [-0.25, -0.2) is 4.98 Å². The van der Waals surface area contributed by atoms with Crippen LogP contribution >= 0.6 is 11.6 Å². The third-order valence-corrected chi connectivity index (χ3v) is 2.82. The van der Waals surface area contributed by atoms with Gasteiger partial charge >= 0.3 is 0 Å². The Morgan fingerprint density at radius 2 is 1.89 bits per heavy atom. The van der Waals surface area contributed by atoms with Crippen LogP contribution in [0.15, 0.2) is 42.6 Å². The third-order valence-electron chi connectivity index (χ3n) is 2.61. The van der Waals surface area contributed by atoms with E-state index in [1.807, 2.05) is 38.1 Å². The first-order valence-electron chi connectivity index (χ1n) is 6.12. The third kappa shape index (κ3) is 3.69. The summed E-state index contributed by atoms with van der Waals surface area (Å²) in [5.74, 6) is 0.742. The van der Waals surface area contributed by atoms with Crippen molar-refractivity contribution in [1.82, 2.24) is 4.98 Å². The zero-order chi connectivity index (χ0) is 13.8. The van der Waals surface area contributed by atoms with Gasteiger partial charge in [0, 0.05) is 6.20 Å². The van der Waals surface area contributed by atoms with Gasteiger partial charge in [-0.1, -0.05) is 23.7 Å². The Balaban J connectivity index is 2.26. The lowest BCUT2D eigenvalue weighted by molar-refractivity contribution is 0.216. The Hall–Kier alpha value is -1.58. The van der Waals surface area contributed by atoms with Crippen molar-refractivity contribution in [3.05, 3.63) is 58.9 Å². The van der Waals surface area contributed by atoms with Gasteiger partial charge in [0.25, 0.3) is 0 Å². The topological polar surface area (TPSA) is 42.4 Å². The van der Waals surface area contributed by atoms with Crippen LogP contribution in [0.25, 0.3) is 0 Å². The number of hydrogen-bond donors (Lipinski definition) is 1. The summed E-state index contributed by atoms with van der Waals surface area (Å²) in [5.41, 5.74) is 1.47. The van der Waals surface area contributed by atoms with E-state index in [0.29, 0.717) is 10.7 Å². The molecule has 0 saturated heterocycles. The Morgan fingerprint density at radius 1 is 1.16 bits per heavy atom. The van der Waals surface area contributed by atoms with Gasteiger partial charge in [0.05, 0.1) is 6.10 Å². The van der Waals surface area contributed by atoms with E-state index in [1.54, 1.807) is 18.3 Å². The van der Waals surface area contributed by atoms with E-state index in [2.05, 4.69) is 4.98 Å². The summed E-state index contributed by atoms with van der Waals surface area (Å²) in [6.07, 6.45) is 0.939. The van der Waals surface area contributed by atoms with E-state index in [4.69, 9.17) is 16.3 Å². The number of rotatable bonds is 4. The molecule has 19 heavy (non-hydrogen) atoms. The quantitative estimate of drug-likeness (QED) is 0.868. The van der Waals surface area contributed by atoms with Crippen molar-refractivity contribution in [2.24, 2.45) is 0 Å². The normalized spacial score (nSPS) is 12.5. The van der Waals surface area contributed by atoms with E-state index in [1.165, 1.54) is 0 Å². The first-order chi connectivity index (χ1) is 9.06. The highest BCUT2D eigenvalue weighted by Gasteiger charge is 2.12. The van der Waals surface area contributed by atoms with E-state index >= 15 is 0 Å². The van der Waals surface area contributed by atoms with E-state index < -0.39 is 6.10 Å². The molecule has 1 aromatic heterocycles. The lowest BCUT2D eigenvalue weighted by Crippen LogP contribution is -2.06. The Labute approximate surface area is 117 Å². The smallest absolute Gasteiger partial charge is 0.129 e. The van der Waals surface area contributed by atoms with Crippen molar-refractivity contribution >= 4 is 11.6 Å². The van der Waals surface area contributed by atoms with Crippen molar-refractivity contribution < 1.29 is 9.84 Å². The molecule has 0 bridgehead atoms. The average Bonchev–Trinajstić information content (AvgIpc) is 2.37. The van der Waals surface area contributed by atoms with Gasteiger partial charge in [-0.15, -0.1) is 0 Å². The summed E-state index contributed by atoms with van der Waals surface area (Å²) in [5, 5.41) is 10.7. The van der Waals surface area contributed by atoms with Crippen molar-refractivity contribution in [2.75, 3.05) is 0 Å². The van der Waals surface area contributed by atoms with Crippen LogP contribution in [0.2, 0.25) is 5.15 Å². The molecule has 1 atom stereocenters. The number of pyridine rings is 1. The summed E-state index contributed by atoms with van der Waals surface area (Å²) < 4.78 is 5.62. The molecule has 4 heteroatoms. The van der Waals surface area contributed by atoms with Crippen molar-refractivity contribution in [3.8, 4) is 5.75 Å². The number of halogens is 1. The minimum absolute atomic E-state index is 0.0998. The molecule has 2 rings (SSSR count). The second-order valence-corrected chi connectivity index (χ2v) is 4.94. The molecule has 0 aliphatic carbocycles. The molecule has 1 heterocycles. The number of benzene rings is 1. The zero-order valence-corrected chi connectivity index (χ0v) is 11.6. The summed E-state index contributed by atoms with van der Waals surface area (Å²) in [4.78, 5) is 3.90. The van der Waals surface area contributed by atoms with Crippen LogP contribution in [-0.2, 0) is 0 Å². The van der Waals surface area contributed by atoms with Gasteiger partial charge in [0.2, 0.25) is 0 Å². The molecular weight excluding hydrogens is 262 g/mol. The van der Waals surface area contributed by atoms with Gasteiger partial charge in [-0.05, 0) is 49.2 Å². The lowest BCUT2D eigenvalue weighted by Gasteiger charge is -2.14. The van der Waals surface area contributed by atoms with Crippen molar-refractivity contribution in [2.45, 2.75) is 26.1 Å². The van der Waals surface area contributed by atoms with Gasteiger partial charge in [0.1, 0.15) is 17.0 Å². The Kier molecular flexibility index (Phi) is 4.40. The molecule has 0 fully saturated rings. The van der Waals surface area contributed by atoms with Gasteiger partial charge in [-0.3, -0.25) is 0 Å². The molecule has 0 spiro atoms. The molecule has 0 aliphatic rings. The second-order valence-electron chi connectivity index (χ2n) is 4.55. The minimum atomic E-state index is -0.740. The fourth-order valence-electron chi connectivity index (χ4n) is 1.81. The summed E-state index contributed by atoms with van der Waals surface area (Å²) in [6, 6.07) is 10.8. The molecule has 1 unspecified atom stereocenters. The number of nitrogens with zero attached hydrogens (tertiary/aromatic N) is 1. The first-order valence-corrected chi connectivity index (χ1v) is 6.50. The second kappa shape index (κ2) is 6.04. The molecule has 3 nitrogen and oxygen atoms in total. The minimum Gasteiger partial charge on any atom is -0.491 e. The monoisotopic (exact) mass is 277 g/mol. The molecule has 0 amide bonds. The largest absolute Gasteiger partial charge is 0.491 e. The number of aromatic nitrogens is 1. The predicted octanol–water partition coefficient (Wildman–Crippen LogP) is 3.60. The highest BCUT2D eigenvalue weighted by molar-refractivity contribution is 6.29. The first kappa shape index (κ1) is 13.8. The van der Waals surface area contributed by atoms with Crippen LogP contribution in [0, 0.1) is 0 Å². The fraction of sp³-hybridized carbons (Fsp3) is 0.267. The van der Waals surface area contributed by atoms with Crippen molar-refractivity contribution in [3.63, 3.8) is 0 Å². The van der Waals surface area contributed by atoms with E-state index in [9.17, 15) is 5.11 Å². The highest BCUT2D eigenvalue weighted by Crippen LogP contribution is 2.26. The van der Waals surface area contributed by atoms with Crippen LogP contribution in [0.4, 0.5) is 0 Å². The number of ether oxygens (including phenoxy) is 1. The summed E-state index contributed by atoms with van der Waals surface area (Å²) in [7, 11) is 0. The maximum atomic E-state index is 10.3. The lowest BCUT2D eigenvalue weighted by atomic mass is 10.0. The van der Waals surface area contributed by atoms with E-state index in [0.717, 1.165) is 11.3 Å². The Morgan fingerprint density at radius 3 is 2.58 bits per heavy atom. The molecule has 1 N–H and O–H groups in total. The van der Waals surface area contributed by atoms with Crippen molar-refractivity contribution in [1.29, 1.82) is 0 Å². The summed E-state index contributed by atoms with van der Waals surface area (Å²) >= 11 is 5.83. The molecule has 0 radical (unpaired) electrons. The Bertz CT molecular complexity index is 557. The van der Waals surface area contributed by atoms with Gasteiger partial charge in [0.15, 0.2) is 0 Å². The fourth-order valence-corrected chi connectivity index (χ4v) is 1.99. The maximum absolute atomic E-state index is 10.3. The number of aliphatic hydroxyl groups is 1. The maximum Gasteiger partial charge on any atom is 0.129 e. The molecule has 1 aromatic carbocycles. The zero-order valence-electron chi connectivity index (χ0n) is 10.9. The molecule has 0 aliphatic heterocycles. The van der Waals surface area contributed by atoms with Crippen LogP contribution in [-0.4, -0.2) is 16.2 Å². The predicted molar refractivity (Wildman–Crippen MR) is 75.5 cm³/mol. The average molecular weight is 278 g/mol. The van der Waals surface area contributed by atoms with Crippen LogP contribution < -0.4 is 4.74 Å². The number of aliphatic hydroxyl groups excluding tert-OH is 1. The molecule has 0 saturated carbocycles. The van der Waals surface area contributed by atoms with Crippen LogP contribution in [0.5, 0.6) is 5.75 Å². The standard InChI is InChI=1S/C15H16ClNO2/c1-10(2)19-13-5-3-4-11(8-13)15(18)12-6-7-17-14(16)9-12/h3-10,15,18H,1-2H3. The number of hydrogen-bond acceptors (Lipinski definition) is 3. The van der Waals surface area contributed by atoms with Crippen LogP contribution in [0.1, 0.15) is 31.1 Å². The van der Waals surface area contributed by atoms with Crippen LogP contribution in [0.3, 0.4) is 0 Å². The summed E-state index contributed by atoms with van der Waals surface area (Å²) in [6.45, 7) is 3.93. The highest BCUT2D eigenvalue weighted by atomic mass is 35.5. The molecular formula is C15H16ClNO2. The van der Waals surface area contributed by atoms with Gasteiger partial charge in [-0.2, -0.15) is 0 Å². The molecule has 2 aromatic rings. The van der Waals surface area contributed by atoms with E-state index in [-0.39, 0.29) is 6.10 Å².